The van der Waals surface area contributed by atoms with Crippen molar-refractivity contribution in [3.63, 3.8) is 0 Å². The van der Waals surface area contributed by atoms with Crippen molar-refractivity contribution in [3.8, 4) is 0 Å². The average molecular weight is 421 g/mol. The second-order valence-electron chi connectivity index (χ2n) is 8.09. The zero-order chi connectivity index (χ0) is 22.0. The lowest BCUT2D eigenvalue weighted by molar-refractivity contribution is -0.123. The van der Waals surface area contributed by atoms with Crippen LogP contribution < -0.4 is 5.32 Å². The van der Waals surface area contributed by atoms with Gasteiger partial charge in [0.2, 0.25) is 0 Å². The van der Waals surface area contributed by atoms with E-state index < -0.39 is 12.1 Å². The number of nitrogens with one attached hydrogen (secondary N) is 1. The smallest absolute Gasteiger partial charge is 0.339 e. The first-order valence-electron chi connectivity index (χ1n) is 11.0. The summed E-state index contributed by atoms with van der Waals surface area (Å²) in [7, 11) is 0. The summed E-state index contributed by atoms with van der Waals surface area (Å²) in [6.45, 7) is 5.68. The predicted octanol–water partition coefficient (Wildman–Crippen LogP) is 4.47. The van der Waals surface area contributed by atoms with Gasteiger partial charge in [0.05, 0.1) is 23.3 Å². The van der Waals surface area contributed by atoms with Crippen molar-refractivity contribution in [1.29, 1.82) is 0 Å². The number of aryl methyl sites for hydroxylation is 1. The van der Waals surface area contributed by atoms with Crippen molar-refractivity contribution in [2.45, 2.75) is 65.0 Å². The maximum absolute atomic E-state index is 13.2. The number of hydrogen-bond acceptors (Lipinski definition) is 5. The van der Waals surface area contributed by atoms with Crippen molar-refractivity contribution < 1.29 is 14.3 Å². The second kappa shape index (κ2) is 8.88. The predicted molar refractivity (Wildman–Crippen MR) is 119 cm³/mol. The lowest BCUT2D eigenvalue weighted by Crippen LogP contribution is -2.31. The molecule has 7 heteroatoms. The molecule has 2 aromatic heterocycles. The summed E-state index contributed by atoms with van der Waals surface area (Å²) in [6, 6.07) is 9.50. The number of nitrogens with zero attached hydrogens (tertiary/aromatic N) is 3. The molecule has 0 bridgehead atoms. The average Bonchev–Trinajstić information content (AvgIpc) is 3.24. The summed E-state index contributed by atoms with van der Waals surface area (Å²) >= 11 is 0. The zero-order valence-corrected chi connectivity index (χ0v) is 18.2. The summed E-state index contributed by atoms with van der Waals surface area (Å²) in [5.74, 6) is -0.269. The van der Waals surface area contributed by atoms with E-state index in [1.165, 1.54) is 0 Å². The van der Waals surface area contributed by atoms with Gasteiger partial charge in [-0.25, -0.2) is 9.48 Å². The van der Waals surface area contributed by atoms with Gasteiger partial charge >= 0.3 is 5.97 Å². The Morgan fingerprint density at radius 3 is 2.74 bits per heavy atom. The van der Waals surface area contributed by atoms with Gasteiger partial charge < -0.3 is 10.1 Å². The molecule has 2 atom stereocenters. The molecule has 31 heavy (non-hydrogen) atoms. The third-order valence-electron chi connectivity index (χ3n) is 5.96. The largest absolute Gasteiger partial charge is 0.449 e. The van der Waals surface area contributed by atoms with E-state index >= 15 is 0 Å². The highest BCUT2D eigenvalue weighted by Crippen LogP contribution is 2.30. The molecule has 0 saturated heterocycles. The Morgan fingerprint density at radius 2 is 1.94 bits per heavy atom. The molecule has 0 fully saturated rings. The minimum Gasteiger partial charge on any atom is -0.449 e. The normalized spacial score (nSPS) is 15.2. The Hall–Kier alpha value is -3.22. The number of carbonyl (C=O) groups is 2. The van der Waals surface area contributed by atoms with Gasteiger partial charge in [-0.2, -0.15) is 5.10 Å². The van der Waals surface area contributed by atoms with Crippen LogP contribution in [0.1, 0.15) is 67.7 Å². The van der Waals surface area contributed by atoms with Crippen molar-refractivity contribution in [1.82, 2.24) is 14.8 Å². The molecule has 0 aliphatic heterocycles. The van der Waals surface area contributed by atoms with Gasteiger partial charge in [-0.3, -0.25) is 9.78 Å². The molecule has 1 aliphatic rings. The molecule has 0 spiro atoms. The maximum Gasteiger partial charge on any atom is 0.339 e. The number of carbonyl (C=O) groups excluding carboxylic acids is 2. The van der Waals surface area contributed by atoms with Gasteiger partial charge in [0.15, 0.2) is 6.10 Å². The summed E-state index contributed by atoms with van der Waals surface area (Å²) in [5.41, 5.74) is 3.25. The van der Waals surface area contributed by atoms with Crippen molar-refractivity contribution >= 4 is 28.6 Å². The molecule has 2 heterocycles. The Kier molecular flexibility index (Phi) is 6.02. The molecule has 1 amide bonds. The first-order valence-corrected chi connectivity index (χ1v) is 11.0. The first-order chi connectivity index (χ1) is 15.0. The lowest BCUT2D eigenvalue weighted by Gasteiger charge is -2.21. The minimum atomic E-state index is -0.945. The van der Waals surface area contributed by atoms with Crippen LogP contribution in [0.5, 0.6) is 0 Å². The third kappa shape index (κ3) is 4.17. The number of ether oxygens (including phenoxy) is 1. The van der Waals surface area contributed by atoms with Crippen molar-refractivity contribution in [3.05, 3.63) is 53.3 Å². The molecule has 0 radical (unpaired) electrons. The minimum absolute atomic E-state index is 0.151. The van der Waals surface area contributed by atoms with E-state index in [9.17, 15) is 9.59 Å². The number of hydrogen-bond donors (Lipinski definition) is 1. The Balaban J connectivity index is 1.57. The summed E-state index contributed by atoms with van der Waals surface area (Å²) < 4.78 is 7.40. The maximum atomic E-state index is 13.2. The molecular formula is C24H28N4O3. The molecule has 3 aromatic rings. The molecule has 162 valence electrons. The van der Waals surface area contributed by atoms with Gasteiger partial charge in [-0.15, -0.1) is 0 Å². The Morgan fingerprint density at radius 1 is 1.16 bits per heavy atom. The van der Waals surface area contributed by atoms with Crippen LogP contribution in [0, 0.1) is 0 Å². The number of fused-ring (bicyclic) bond motifs is 2. The van der Waals surface area contributed by atoms with Crippen LogP contribution in [0.25, 0.3) is 10.9 Å². The lowest BCUT2D eigenvalue weighted by atomic mass is 9.90. The van der Waals surface area contributed by atoms with E-state index in [-0.39, 0.29) is 11.9 Å². The topological polar surface area (TPSA) is 86.1 Å². The van der Waals surface area contributed by atoms with Gasteiger partial charge in [0.25, 0.3) is 5.91 Å². The summed E-state index contributed by atoms with van der Waals surface area (Å²) in [6.07, 6.45) is 5.32. The van der Waals surface area contributed by atoms with Crippen LogP contribution in [0.2, 0.25) is 0 Å². The van der Waals surface area contributed by atoms with Crippen LogP contribution in [-0.4, -0.2) is 32.7 Å². The highest BCUT2D eigenvalue weighted by atomic mass is 16.5. The molecule has 0 saturated carbocycles. The quantitative estimate of drug-likeness (QED) is 0.595. The number of rotatable bonds is 6. The van der Waals surface area contributed by atoms with E-state index in [0.29, 0.717) is 11.4 Å². The van der Waals surface area contributed by atoms with Crippen LogP contribution in [-0.2, 0) is 22.4 Å². The summed E-state index contributed by atoms with van der Waals surface area (Å²) in [4.78, 5) is 30.7. The molecule has 7 nitrogen and oxygen atoms in total. The van der Waals surface area contributed by atoms with E-state index in [1.54, 1.807) is 23.9 Å². The summed E-state index contributed by atoms with van der Waals surface area (Å²) in [5, 5.41) is 7.88. The number of para-hydroxylation sites is 1. The molecular weight excluding hydrogens is 392 g/mol. The highest BCUT2D eigenvalue weighted by Gasteiger charge is 2.27. The van der Waals surface area contributed by atoms with Crippen molar-refractivity contribution in [2.75, 3.05) is 5.32 Å². The second-order valence-corrected chi connectivity index (χ2v) is 8.09. The monoisotopic (exact) mass is 420 g/mol. The molecule has 4 rings (SSSR count). The van der Waals surface area contributed by atoms with Crippen LogP contribution in [0.15, 0.2) is 36.5 Å². The fourth-order valence-corrected chi connectivity index (χ4v) is 4.04. The zero-order valence-electron chi connectivity index (χ0n) is 18.2. The van der Waals surface area contributed by atoms with Crippen LogP contribution in [0.4, 0.5) is 5.82 Å². The van der Waals surface area contributed by atoms with Crippen LogP contribution >= 0.6 is 0 Å². The fourth-order valence-electron chi connectivity index (χ4n) is 4.04. The van der Waals surface area contributed by atoms with Gasteiger partial charge in [0, 0.05) is 17.1 Å². The molecule has 1 N–H and O–H groups in total. The fraction of sp³-hybridized carbons (Fsp3) is 0.417. The van der Waals surface area contributed by atoms with Crippen molar-refractivity contribution in [2.24, 2.45) is 0 Å². The number of aromatic nitrogens is 3. The number of pyridine rings is 1. The molecule has 1 aromatic carbocycles. The Bertz CT molecular complexity index is 1120. The van der Waals surface area contributed by atoms with E-state index in [2.05, 4.69) is 17.3 Å². The highest BCUT2D eigenvalue weighted by molar-refractivity contribution is 6.06. The standard InChI is InChI=1S/C24H28N4O3/c1-4-15(2)28-21(13-14-25-28)27-23(29)16(3)31-24(30)22-17-9-5-7-11-19(17)26-20-12-8-6-10-18(20)22/h5,7,9,11,13-16H,4,6,8,10,12H2,1-3H3,(H,27,29)/t15-,16+/m0/s1. The van der Waals surface area contributed by atoms with Gasteiger partial charge in [0.1, 0.15) is 5.82 Å². The third-order valence-corrected chi connectivity index (χ3v) is 5.96. The van der Waals surface area contributed by atoms with E-state index in [4.69, 9.17) is 9.72 Å². The number of amides is 1. The van der Waals surface area contributed by atoms with E-state index in [0.717, 1.165) is 54.3 Å². The number of benzene rings is 1. The number of esters is 1. The SMILES string of the molecule is CC[C@H](C)n1nccc1NC(=O)[C@@H](C)OC(=O)c1c2c(nc3ccccc13)CCCC2. The molecule has 0 unspecified atom stereocenters. The van der Waals surface area contributed by atoms with E-state index in [1.807, 2.05) is 31.2 Å². The molecule has 1 aliphatic carbocycles. The number of anilines is 1. The first kappa shape index (κ1) is 21.0. The van der Waals surface area contributed by atoms with Crippen LogP contribution in [0.3, 0.4) is 0 Å². The Labute approximate surface area is 181 Å². The van der Waals surface area contributed by atoms with Gasteiger partial charge in [-0.05, 0) is 57.6 Å². The van der Waals surface area contributed by atoms with Gasteiger partial charge in [-0.1, -0.05) is 25.1 Å².